The predicted octanol–water partition coefficient (Wildman–Crippen LogP) is 1.27. The van der Waals surface area contributed by atoms with E-state index in [1.165, 1.54) is 6.20 Å². The lowest BCUT2D eigenvalue weighted by Gasteiger charge is -2.12. The Kier molecular flexibility index (Phi) is 5.55. The third-order valence-corrected chi connectivity index (χ3v) is 3.46. The Morgan fingerprint density at radius 1 is 1.61 bits per heavy atom. The van der Waals surface area contributed by atoms with E-state index in [9.17, 15) is 9.00 Å². The third-order valence-electron chi connectivity index (χ3n) is 2.20. The van der Waals surface area contributed by atoms with Gasteiger partial charge >= 0.3 is 0 Å². The maximum absolute atomic E-state index is 11.9. The minimum absolute atomic E-state index is 0.161. The number of anilines is 1. The molecule has 0 radical (unpaired) electrons. The van der Waals surface area contributed by atoms with Gasteiger partial charge in [0, 0.05) is 42.1 Å². The molecule has 18 heavy (non-hydrogen) atoms. The SMILES string of the molecule is CNc1ncc(C(=O)NC(C)CS(C)=O)cc1Cl. The van der Waals surface area contributed by atoms with Crippen molar-refractivity contribution in [2.75, 3.05) is 24.4 Å². The Morgan fingerprint density at radius 3 is 2.78 bits per heavy atom. The zero-order valence-electron chi connectivity index (χ0n) is 10.5. The third kappa shape index (κ3) is 4.27. The highest BCUT2D eigenvalue weighted by molar-refractivity contribution is 7.84. The van der Waals surface area contributed by atoms with Crippen LogP contribution in [-0.2, 0) is 10.8 Å². The molecule has 0 aliphatic heterocycles. The molecule has 7 heteroatoms. The number of rotatable bonds is 5. The summed E-state index contributed by atoms with van der Waals surface area (Å²) < 4.78 is 11.0. The molecule has 5 nitrogen and oxygen atoms in total. The van der Waals surface area contributed by atoms with Crippen molar-refractivity contribution < 1.29 is 9.00 Å². The Balaban J connectivity index is 2.72. The number of nitrogens with zero attached hydrogens (tertiary/aromatic N) is 1. The average Bonchev–Trinajstić information content (AvgIpc) is 2.27. The fourth-order valence-electron chi connectivity index (χ4n) is 1.45. The van der Waals surface area contributed by atoms with Gasteiger partial charge in [-0.1, -0.05) is 11.6 Å². The fourth-order valence-corrected chi connectivity index (χ4v) is 2.50. The molecule has 2 unspecified atom stereocenters. The second kappa shape index (κ2) is 6.70. The van der Waals surface area contributed by atoms with Gasteiger partial charge in [0.05, 0.1) is 10.6 Å². The minimum Gasteiger partial charge on any atom is -0.372 e. The molecule has 0 saturated carbocycles. The van der Waals surface area contributed by atoms with Crippen molar-refractivity contribution in [3.8, 4) is 0 Å². The molecule has 2 atom stereocenters. The van der Waals surface area contributed by atoms with Crippen molar-refractivity contribution in [2.24, 2.45) is 0 Å². The highest BCUT2D eigenvalue weighted by Crippen LogP contribution is 2.19. The van der Waals surface area contributed by atoms with Gasteiger partial charge in [-0.3, -0.25) is 9.00 Å². The first kappa shape index (κ1) is 14.9. The van der Waals surface area contributed by atoms with Crippen LogP contribution >= 0.6 is 11.6 Å². The number of hydrogen-bond donors (Lipinski definition) is 2. The number of carbonyl (C=O) groups excluding carboxylic acids is 1. The molecule has 0 saturated heterocycles. The Morgan fingerprint density at radius 2 is 2.28 bits per heavy atom. The highest BCUT2D eigenvalue weighted by atomic mass is 35.5. The molecule has 100 valence electrons. The zero-order chi connectivity index (χ0) is 13.7. The molecule has 0 bridgehead atoms. The van der Waals surface area contributed by atoms with Crippen LogP contribution in [0.5, 0.6) is 0 Å². The molecule has 0 aliphatic rings. The van der Waals surface area contributed by atoms with E-state index in [2.05, 4.69) is 15.6 Å². The molecule has 1 aromatic heterocycles. The van der Waals surface area contributed by atoms with Gasteiger partial charge in [-0.15, -0.1) is 0 Å². The van der Waals surface area contributed by atoms with E-state index in [0.717, 1.165) is 0 Å². The summed E-state index contributed by atoms with van der Waals surface area (Å²) in [6, 6.07) is 1.39. The molecule has 1 aromatic rings. The summed E-state index contributed by atoms with van der Waals surface area (Å²) >= 11 is 5.94. The van der Waals surface area contributed by atoms with Crippen LogP contribution in [0.4, 0.5) is 5.82 Å². The van der Waals surface area contributed by atoms with Gasteiger partial charge in [0.1, 0.15) is 5.82 Å². The number of hydrogen-bond acceptors (Lipinski definition) is 4. The van der Waals surface area contributed by atoms with Crippen molar-refractivity contribution >= 4 is 34.1 Å². The maximum Gasteiger partial charge on any atom is 0.253 e. The number of amides is 1. The summed E-state index contributed by atoms with van der Waals surface area (Å²) in [6.07, 6.45) is 3.05. The van der Waals surface area contributed by atoms with Gasteiger partial charge in [0.2, 0.25) is 0 Å². The Labute approximate surface area is 114 Å². The fraction of sp³-hybridized carbons (Fsp3) is 0.455. The monoisotopic (exact) mass is 289 g/mol. The molecule has 1 rings (SSSR count). The van der Waals surface area contributed by atoms with Crippen molar-refractivity contribution in [2.45, 2.75) is 13.0 Å². The molecule has 2 N–H and O–H groups in total. The number of aromatic nitrogens is 1. The second-order valence-electron chi connectivity index (χ2n) is 3.92. The lowest BCUT2D eigenvalue weighted by atomic mass is 10.2. The van der Waals surface area contributed by atoms with Gasteiger partial charge < -0.3 is 10.6 Å². The number of pyridine rings is 1. The minimum atomic E-state index is -0.944. The number of nitrogens with one attached hydrogen (secondary N) is 2. The summed E-state index contributed by atoms with van der Waals surface area (Å²) in [5.74, 6) is 0.669. The highest BCUT2D eigenvalue weighted by Gasteiger charge is 2.12. The Hall–Kier alpha value is -1.14. The molecule has 0 spiro atoms. The molecular weight excluding hydrogens is 274 g/mol. The smallest absolute Gasteiger partial charge is 0.253 e. The summed E-state index contributed by atoms with van der Waals surface area (Å²) in [5, 5.41) is 5.94. The normalized spacial score (nSPS) is 13.8. The van der Waals surface area contributed by atoms with Gasteiger partial charge in [-0.25, -0.2) is 4.98 Å². The molecule has 0 fully saturated rings. The summed E-state index contributed by atoms with van der Waals surface area (Å²) in [6.45, 7) is 1.80. The first-order valence-corrected chi connectivity index (χ1v) is 7.48. The van der Waals surface area contributed by atoms with Crippen molar-refractivity contribution in [3.63, 3.8) is 0 Å². The first-order valence-electron chi connectivity index (χ1n) is 5.38. The van der Waals surface area contributed by atoms with Crippen molar-refractivity contribution in [1.82, 2.24) is 10.3 Å². The van der Waals surface area contributed by atoms with E-state index in [1.54, 1.807) is 26.3 Å². The van der Waals surface area contributed by atoms with Crippen molar-refractivity contribution in [1.29, 1.82) is 0 Å². The van der Waals surface area contributed by atoms with Gasteiger partial charge in [-0.2, -0.15) is 0 Å². The summed E-state index contributed by atoms with van der Waals surface area (Å²) in [4.78, 5) is 15.9. The van der Waals surface area contributed by atoms with Crippen LogP contribution < -0.4 is 10.6 Å². The van der Waals surface area contributed by atoms with E-state index in [4.69, 9.17) is 11.6 Å². The summed E-state index contributed by atoms with van der Waals surface area (Å²) in [5.41, 5.74) is 0.382. The van der Waals surface area contributed by atoms with E-state index in [1.807, 2.05) is 0 Å². The van der Waals surface area contributed by atoms with E-state index in [-0.39, 0.29) is 11.9 Å². The topological polar surface area (TPSA) is 71.1 Å². The van der Waals surface area contributed by atoms with Crippen molar-refractivity contribution in [3.05, 3.63) is 22.8 Å². The van der Waals surface area contributed by atoms with Crippen LogP contribution in [0.1, 0.15) is 17.3 Å². The van der Waals surface area contributed by atoms with E-state index >= 15 is 0 Å². The molecule has 0 aliphatic carbocycles. The zero-order valence-corrected chi connectivity index (χ0v) is 12.1. The van der Waals surface area contributed by atoms with E-state index in [0.29, 0.717) is 22.2 Å². The van der Waals surface area contributed by atoms with Gasteiger partial charge in [0.15, 0.2) is 0 Å². The quantitative estimate of drug-likeness (QED) is 0.856. The summed E-state index contributed by atoms with van der Waals surface area (Å²) in [7, 11) is 0.757. The number of halogens is 1. The van der Waals surface area contributed by atoms with Crippen LogP contribution in [-0.4, -0.2) is 40.2 Å². The molecular formula is C11H16ClN3O2S. The predicted molar refractivity (Wildman–Crippen MR) is 74.7 cm³/mol. The van der Waals surface area contributed by atoms with Crippen LogP contribution in [0.25, 0.3) is 0 Å². The molecule has 1 amide bonds. The molecule has 1 heterocycles. The lowest BCUT2D eigenvalue weighted by molar-refractivity contribution is 0.0943. The number of carbonyl (C=O) groups is 1. The largest absolute Gasteiger partial charge is 0.372 e. The standard InChI is InChI=1S/C11H16ClN3O2S/c1-7(6-18(3)17)15-11(16)8-4-9(12)10(13-2)14-5-8/h4-5,7H,6H2,1-3H3,(H,13,14)(H,15,16). The van der Waals surface area contributed by atoms with Crippen LogP contribution in [0, 0.1) is 0 Å². The van der Waals surface area contributed by atoms with Crippen LogP contribution in [0.3, 0.4) is 0 Å². The maximum atomic E-state index is 11.9. The molecule has 0 aromatic carbocycles. The first-order chi connectivity index (χ1) is 8.43. The van der Waals surface area contributed by atoms with E-state index < -0.39 is 10.8 Å². The Bertz CT molecular complexity index is 468. The lowest BCUT2D eigenvalue weighted by Crippen LogP contribution is -2.36. The van der Waals surface area contributed by atoms with Gasteiger partial charge in [-0.05, 0) is 13.0 Å². The van der Waals surface area contributed by atoms with Crippen LogP contribution in [0.2, 0.25) is 5.02 Å². The van der Waals surface area contributed by atoms with Gasteiger partial charge in [0.25, 0.3) is 5.91 Å². The average molecular weight is 290 g/mol. The van der Waals surface area contributed by atoms with Crippen LogP contribution in [0.15, 0.2) is 12.3 Å². The second-order valence-corrected chi connectivity index (χ2v) is 5.81.